The summed E-state index contributed by atoms with van der Waals surface area (Å²) in [6.07, 6.45) is 0. The van der Waals surface area contributed by atoms with Crippen LogP contribution in [0.3, 0.4) is 0 Å². The number of nitrogens with zero attached hydrogens (tertiary/aromatic N) is 2. The zero-order valence-electron chi connectivity index (χ0n) is 17.3. The van der Waals surface area contributed by atoms with Crippen LogP contribution in [0, 0.1) is 0 Å². The second-order valence-corrected chi connectivity index (χ2v) is 9.45. The van der Waals surface area contributed by atoms with Crippen molar-refractivity contribution < 1.29 is 27.5 Å². The summed E-state index contributed by atoms with van der Waals surface area (Å²) in [4.78, 5) is 37.8. The number of carbonyl (C=O) groups excluding carboxylic acids is 3. The van der Waals surface area contributed by atoms with Crippen LogP contribution in [-0.2, 0) is 30.9 Å². The van der Waals surface area contributed by atoms with Gasteiger partial charge in [-0.1, -0.05) is 29.8 Å². The topological polar surface area (TPSA) is 113 Å². The molecule has 0 spiro atoms. The van der Waals surface area contributed by atoms with E-state index in [-0.39, 0.29) is 49.1 Å². The first-order valence-corrected chi connectivity index (χ1v) is 11.5. The molecule has 2 aromatic rings. The summed E-state index contributed by atoms with van der Waals surface area (Å²) < 4.78 is 31.7. The maximum absolute atomic E-state index is 13.2. The highest BCUT2D eigenvalue weighted by atomic mass is 35.5. The molecule has 0 bridgehead atoms. The summed E-state index contributed by atoms with van der Waals surface area (Å²) in [6, 6.07) is 12.3. The number of hydrogen-bond donors (Lipinski definition) is 1. The highest BCUT2D eigenvalue weighted by Crippen LogP contribution is 2.20. The monoisotopic (exact) mass is 479 g/mol. The number of halogens is 1. The first-order chi connectivity index (χ1) is 15.2. The molecule has 3 rings (SSSR count). The molecule has 9 nitrogen and oxygen atoms in total. The van der Waals surface area contributed by atoms with E-state index in [1.165, 1.54) is 36.3 Å². The van der Waals surface area contributed by atoms with Crippen LogP contribution in [0.25, 0.3) is 0 Å². The number of amides is 2. The van der Waals surface area contributed by atoms with Gasteiger partial charge in [-0.05, 0) is 35.9 Å². The number of carbonyl (C=O) groups is 3. The van der Waals surface area contributed by atoms with Crippen LogP contribution in [0.1, 0.15) is 15.9 Å². The van der Waals surface area contributed by atoms with Gasteiger partial charge in [0.2, 0.25) is 15.9 Å². The summed E-state index contributed by atoms with van der Waals surface area (Å²) in [7, 11) is -2.76. The van der Waals surface area contributed by atoms with Crippen LogP contribution in [0.5, 0.6) is 0 Å². The molecule has 1 aliphatic rings. The van der Waals surface area contributed by atoms with E-state index < -0.39 is 21.9 Å². The Bertz CT molecular complexity index is 1120. The molecule has 2 aromatic carbocycles. The molecule has 1 N–H and O–H groups in total. The van der Waals surface area contributed by atoms with Gasteiger partial charge >= 0.3 is 5.97 Å². The molecule has 0 unspecified atom stereocenters. The molecule has 0 aliphatic carbocycles. The van der Waals surface area contributed by atoms with Crippen LogP contribution in [0.4, 0.5) is 0 Å². The number of rotatable bonds is 7. The fourth-order valence-corrected chi connectivity index (χ4v) is 4.74. The number of methoxy groups -OCH3 is 1. The second kappa shape index (κ2) is 10.1. The van der Waals surface area contributed by atoms with Gasteiger partial charge in [0.05, 0.1) is 18.6 Å². The smallest absolute Gasteiger partial charge is 0.325 e. The number of sulfonamides is 1. The molecule has 0 radical (unpaired) electrons. The molecule has 1 aliphatic heterocycles. The number of hydrogen-bond acceptors (Lipinski definition) is 6. The van der Waals surface area contributed by atoms with E-state index >= 15 is 0 Å². The number of piperazine rings is 1. The Balaban J connectivity index is 1.88. The van der Waals surface area contributed by atoms with Crippen molar-refractivity contribution in [1.82, 2.24) is 14.5 Å². The fraction of sp³-hybridized carbons (Fsp3) is 0.286. The van der Waals surface area contributed by atoms with Gasteiger partial charge < -0.3 is 15.0 Å². The van der Waals surface area contributed by atoms with Crippen LogP contribution in [-0.4, -0.2) is 68.7 Å². The van der Waals surface area contributed by atoms with Crippen molar-refractivity contribution in [1.29, 1.82) is 0 Å². The minimum Gasteiger partial charge on any atom is -0.468 e. The van der Waals surface area contributed by atoms with Crippen molar-refractivity contribution in [3.8, 4) is 0 Å². The van der Waals surface area contributed by atoms with E-state index in [2.05, 4.69) is 5.32 Å². The van der Waals surface area contributed by atoms with Crippen molar-refractivity contribution >= 4 is 39.4 Å². The molecule has 32 heavy (non-hydrogen) atoms. The summed E-state index contributed by atoms with van der Waals surface area (Å²) >= 11 is 5.91. The third kappa shape index (κ3) is 5.64. The van der Waals surface area contributed by atoms with Crippen molar-refractivity contribution in [2.75, 3.05) is 33.3 Å². The number of nitrogens with one attached hydrogen (secondary N) is 1. The highest BCUT2D eigenvalue weighted by molar-refractivity contribution is 7.89. The molecule has 2 amide bonds. The van der Waals surface area contributed by atoms with Crippen molar-refractivity contribution in [3.05, 3.63) is 64.7 Å². The molecule has 1 heterocycles. The Morgan fingerprint density at radius 1 is 1.19 bits per heavy atom. The minimum absolute atomic E-state index is 0.0883. The van der Waals surface area contributed by atoms with Gasteiger partial charge in [0.15, 0.2) is 0 Å². The summed E-state index contributed by atoms with van der Waals surface area (Å²) in [5.74, 6) is -1.55. The Labute approximate surface area is 190 Å². The lowest BCUT2D eigenvalue weighted by Crippen LogP contribution is -2.49. The Kier molecular flexibility index (Phi) is 7.49. The van der Waals surface area contributed by atoms with Gasteiger partial charge in [-0.25, -0.2) is 8.42 Å². The molecule has 11 heteroatoms. The third-order valence-electron chi connectivity index (χ3n) is 4.84. The van der Waals surface area contributed by atoms with Gasteiger partial charge in [-0.2, -0.15) is 4.31 Å². The van der Waals surface area contributed by atoms with Crippen LogP contribution in [0.2, 0.25) is 5.02 Å². The molecule has 0 aromatic heterocycles. The SMILES string of the molecule is COC(=O)CN(Cc1ccc(Cl)cc1)C(=O)c1cccc(S(=O)(=O)N2CCNC(=O)C2)c1. The third-order valence-corrected chi connectivity index (χ3v) is 6.94. The molecular weight excluding hydrogens is 458 g/mol. The van der Waals surface area contributed by atoms with Gasteiger partial charge in [0.1, 0.15) is 6.54 Å². The molecule has 170 valence electrons. The Hall–Kier alpha value is -2.95. The van der Waals surface area contributed by atoms with Crippen LogP contribution >= 0.6 is 11.6 Å². The van der Waals surface area contributed by atoms with E-state index in [0.29, 0.717) is 5.02 Å². The van der Waals surface area contributed by atoms with Crippen molar-refractivity contribution in [2.45, 2.75) is 11.4 Å². The quantitative estimate of drug-likeness (QED) is 0.598. The lowest BCUT2D eigenvalue weighted by atomic mass is 10.1. The zero-order chi connectivity index (χ0) is 23.3. The maximum atomic E-state index is 13.2. The van der Waals surface area contributed by atoms with Gasteiger partial charge in [-0.3, -0.25) is 14.4 Å². The van der Waals surface area contributed by atoms with Gasteiger partial charge in [-0.15, -0.1) is 0 Å². The molecule has 1 fully saturated rings. The molecule has 0 saturated carbocycles. The maximum Gasteiger partial charge on any atom is 0.325 e. The Morgan fingerprint density at radius 3 is 2.56 bits per heavy atom. The number of esters is 1. The predicted molar refractivity (Wildman–Crippen MR) is 116 cm³/mol. The lowest BCUT2D eigenvalue weighted by Gasteiger charge is -2.26. The summed E-state index contributed by atoms with van der Waals surface area (Å²) in [5.41, 5.74) is 0.820. The van der Waals surface area contributed by atoms with Gasteiger partial charge in [0.25, 0.3) is 5.91 Å². The zero-order valence-corrected chi connectivity index (χ0v) is 18.9. The first-order valence-electron chi connectivity index (χ1n) is 9.68. The summed E-state index contributed by atoms with van der Waals surface area (Å²) in [6.45, 7) is -0.164. The van der Waals surface area contributed by atoms with E-state index in [1.54, 1.807) is 24.3 Å². The fourth-order valence-electron chi connectivity index (χ4n) is 3.17. The minimum atomic E-state index is -3.97. The van der Waals surface area contributed by atoms with E-state index in [4.69, 9.17) is 16.3 Å². The Morgan fingerprint density at radius 2 is 1.91 bits per heavy atom. The van der Waals surface area contributed by atoms with E-state index in [0.717, 1.165) is 9.87 Å². The van der Waals surface area contributed by atoms with E-state index in [9.17, 15) is 22.8 Å². The molecule has 1 saturated heterocycles. The van der Waals surface area contributed by atoms with Crippen LogP contribution in [0.15, 0.2) is 53.4 Å². The predicted octanol–water partition coefficient (Wildman–Crippen LogP) is 1.28. The van der Waals surface area contributed by atoms with Crippen LogP contribution < -0.4 is 5.32 Å². The largest absolute Gasteiger partial charge is 0.468 e. The van der Waals surface area contributed by atoms with Crippen molar-refractivity contribution in [2.24, 2.45) is 0 Å². The van der Waals surface area contributed by atoms with Crippen molar-refractivity contribution in [3.63, 3.8) is 0 Å². The van der Waals surface area contributed by atoms with E-state index in [1.807, 2.05) is 0 Å². The number of ether oxygens (including phenoxy) is 1. The normalized spacial score (nSPS) is 14.5. The lowest BCUT2D eigenvalue weighted by molar-refractivity contribution is -0.141. The standard InChI is InChI=1S/C21H22ClN3O6S/c1-31-20(27)14-24(12-15-5-7-17(22)8-6-15)21(28)16-3-2-4-18(11-16)32(29,30)25-10-9-23-19(26)13-25/h2-8,11H,9-10,12-14H2,1H3,(H,23,26). The number of benzene rings is 2. The second-order valence-electron chi connectivity index (χ2n) is 7.08. The average molecular weight is 480 g/mol. The molecular formula is C21H22ClN3O6S. The van der Waals surface area contributed by atoms with Gasteiger partial charge in [0, 0.05) is 30.2 Å². The first kappa shape index (κ1) is 23.7. The average Bonchev–Trinajstić information content (AvgIpc) is 2.79. The highest BCUT2D eigenvalue weighted by Gasteiger charge is 2.30. The molecule has 0 atom stereocenters. The summed E-state index contributed by atoms with van der Waals surface area (Å²) in [5, 5.41) is 3.10.